The molecule has 0 spiro atoms. The maximum atomic E-state index is 13.3. The van der Waals surface area contributed by atoms with E-state index in [1.54, 1.807) is 12.1 Å². The molecule has 0 unspecified atom stereocenters. The molecule has 21 heavy (non-hydrogen) atoms. The Morgan fingerprint density at radius 1 is 1.24 bits per heavy atom. The molecular weight excluding hydrogens is 275 g/mol. The molecule has 6 heteroatoms. The molecule has 0 bridgehead atoms. The zero-order valence-corrected chi connectivity index (χ0v) is 11.2. The fraction of sp³-hybridized carbons (Fsp3) is 0.267. The van der Waals surface area contributed by atoms with Gasteiger partial charge in [0.1, 0.15) is 12.4 Å². The molecular formula is C15H13FN2O3. The van der Waals surface area contributed by atoms with Gasteiger partial charge in [-0.2, -0.15) is 0 Å². The number of imide groups is 1. The first-order valence-electron chi connectivity index (χ1n) is 6.41. The van der Waals surface area contributed by atoms with Crippen LogP contribution in [-0.2, 0) is 14.4 Å². The lowest BCUT2D eigenvalue weighted by molar-refractivity contribution is -0.142. The predicted molar refractivity (Wildman–Crippen MR) is 72.2 cm³/mol. The lowest BCUT2D eigenvalue weighted by atomic mass is 10.2. The fourth-order valence-corrected chi connectivity index (χ4v) is 1.84. The summed E-state index contributed by atoms with van der Waals surface area (Å²) in [5.74, 6) is 3.63. The van der Waals surface area contributed by atoms with E-state index in [1.165, 1.54) is 12.1 Å². The monoisotopic (exact) mass is 288 g/mol. The zero-order valence-electron chi connectivity index (χ0n) is 11.2. The zero-order chi connectivity index (χ0) is 15.2. The third-order valence-electron chi connectivity index (χ3n) is 2.93. The summed E-state index contributed by atoms with van der Waals surface area (Å²) in [6, 6.07) is 6.06. The number of nitrogens with one attached hydrogen (secondary N) is 1. The first-order valence-corrected chi connectivity index (χ1v) is 6.41. The summed E-state index contributed by atoms with van der Waals surface area (Å²) in [5, 5.41) is 2.46. The lowest BCUT2D eigenvalue weighted by Gasteiger charge is -2.12. The van der Waals surface area contributed by atoms with Gasteiger partial charge in [-0.05, 0) is 12.1 Å². The van der Waals surface area contributed by atoms with E-state index in [9.17, 15) is 18.8 Å². The van der Waals surface area contributed by atoms with Crippen LogP contribution in [0.2, 0.25) is 0 Å². The van der Waals surface area contributed by atoms with E-state index in [0.29, 0.717) is 0 Å². The smallest absolute Gasteiger partial charge is 0.240 e. The van der Waals surface area contributed by atoms with Gasteiger partial charge in [0.05, 0.1) is 12.1 Å². The van der Waals surface area contributed by atoms with Gasteiger partial charge in [-0.15, -0.1) is 0 Å². The molecule has 0 aliphatic carbocycles. The molecule has 3 amide bonds. The Morgan fingerprint density at radius 3 is 2.57 bits per heavy atom. The van der Waals surface area contributed by atoms with Crippen LogP contribution in [0.25, 0.3) is 0 Å². The van der Waals surface area contributed by atoms with Crippen LogP contribution in [0, 0.1) is 17.7 Å². The van der Waals surface area contributed by atoms with Crippen molar-refractivity contribution < 1.29 is 18.8 Å². The van der Waals surface area contributed by atoms with Crippen molar-refractivity contribution in [3.8, 4) is 11.8 Å². The number of hydrogen-bond donors (Lipinski definition) is 1. The average Bonchev–Trinajstić information content (AvgIpc) is 2.77. The van der Waals surface area contributed by atoms with Crippen molar-refractivity contribution in [3.63, 3.8) is 0 Å². The van der Waals surface area contributed by atoms with Gasteiger partial charge >= 0.3 is 0 Å². The topological polar surface area (TPSA) is 66.5 Å². The molecule has 1 heterocycles. The molecule has 1 aliphatic rings. The van der Waals surface area contributed by atoms with Crippen molar-refractivity contribution in [1.82, 2.24) is 10.2 Å². The first kappa shape index (κ1) is 14.7. The number of likely N-dealkylation sites (tertiary alicyclic amines) is 1. The molecule has 0 radical (unpaired) electrons. The van der Waals surface area contributed by atoms with Crippen LogP contribution in [0.3, 0.4) is 0 Å². The van der Waals surface area contributed by atoms with E-state index in [4.69, 9.17) is 0 Å². The van der Waals surface area contributed by atoms with Crippen molar-refractivity contribution in [2.24, 2.45) is 0 Å². The van der Waals surface area contributed by atoms with Crippen molar-refractivity contribution in [2.75, 3.05) is 13.1 Å². The van der Waals surface area contributed by atoms with Gasteiger partial charge in [0.15, 0.2) is 0 Å². The summed E-state index contributed by atoms with van der Waals surface area (Å²) in [6.07, 6.45) is 0.304. The van der Waals surface area contributed by atoms with Crippen molar-refractivity contribution >= 4 is 17.7 Å². The minimum Gasteiger partial charge on any atom is -0.344 e. The Kier molecular flexibility index (Phi) is 4.67. The van der Waals surface area contributed by atoms with Crippen LogP contribution in [-0.4, -0.2) is 35.7 Å². The molecule has 0 saturated carbocycles. The summed E-state index contributed by atoms with van der Waals surface area (Å²) in [4.78, 5) is 35.2. The highest BCUT2D eigenvalue weighted by molar-refractivity contribution is 6.04. The van der Waals surface area contributed by atoms with E-state index in [0.717, 1.165) is 4.90 Å². The van der Waals surface area contributed by atoms with Gasteiger partial charge < -0.3 is 5.32 Å². The van der Waals surface area contributed by atoms with Crippen LogP contribution in [0.1, 0.15) is 18.4 Å². The van der Waals surface area contributed by atoms with Gasteiger partial charge in [-0.3, -0.25) is 19.3 Å². The second-order valence-corrected chi connectivity index (χ2v) is 4.43. The number of hydrogen-bond acceptors (Lipinski definition) is 3. The number of carbonyl (C=O) groups excluding carboxylic acids is 3. The van der Waals surface area contributed by atoms with E-state index in [2.05, 4.69) is 17.2 Å². The molecule has 2 rings (SSSR count). The van der Waals surface area contributed by atoms with E-state index < -0.39 is 11.7 Å². The summed E-state index contributed by atoms with van der Waals surface area (Å²) < 4.78 is 13.3. The second-order valence-electron chi connectivity index (χ2n) is 4.43. The normalized spacial score (nSPS) is 13.9. The van der Waals surface area contributed by atoms with Gasteiger partial charge in [-0.1, -0.05) is 24.0 Å². The maximum Gasteiger partial charge on any atom is 0.240 e. The standard InChI is InChI=1S/C15H13FN2O3/c16-12-6-2-1-4-11(12)5-3-9-17-13(19)10-18-14(20)7-8-15(18)21/h1-2,4,6H,7-10H2,(H,17,19). The van der Waals surface area contributed by atoms with Crippen molar-refractivity contribution in [3.05, 3.63) is 35.6 Å². The molecule has 1 N–H and O–H groups in total. The van der Waals surface area contributed by atoms with Crippen LogP contribution in [0.4, 0.5) is 4.39 Å². The minimum absolute atomic E-state index is 0.0173. The molecule has 1 fully saturated rings. The number of amides is 3. The SMILES string of the molecule is O=C(CN1C(=O)CCC1=O)NCC#Cc1ccccc1F. The Labute approximate surface area is 121 Å². The largest absolute Gasteiger partial charge is 0.344 e. The van der Waals surface area contributed by atoms with Crippen LogP contribution in [0.5, 0.6) is 0 Å². The fourth-order valence-electron chi connectivity index (χ4n) is 1.84. The van der Waals surface area contributed by atoms with Crippen LogP contribution in [0.15, 0.2) is 24.3 Å². The third kappa shape index (κ3) is 3.89. The van der Waals surface area contributed by atoms with Gasteiger partial charge in [-0.25, -0.2) is 4.39 Å². The molecule has 1 aromatic carbocycles. The highest BCUT2D eigenvalue weighted by atomic mass is 19.1. The summed E-state index contributed by atoms with van der Waals surface area (Å²) in [5.41, 5.74) is 0.247. The molecule has 108 valence electrons. The molecule has 1 aliphatic heterocycles. The second kappa shape index (κ2) is 6.66. The number of benzene rings is 1. The van der Waals surface area contributed by atoms with E-state index in [-0.39, 0.29) is 43.3 Å². The molecule has 0 atom stereocenters. The van der Waals surface area contributed by atoms with Crippen molar-refractivity contribution in [2.45, 2.75) is 12.8 Å². The number of nitrogens with zero attached hydrogens (tertiary/aromatic N) is 1. The number of halogens is 1. The molecule has 5 nitrogen and oxygen atoms in total. The summed E-state index contributed by atoms with van der Waals surface area (Å²) in [6.45, 7) is -0.275. The Morgan fingerprint density at radius 2 is 1.90 bits per heavy atom. The maximum absolute atomic E-state index is 13.3. The molecule has 1 aromatic rings. The molecule has 0 aromatic heterocycles. The Bertz CT molecular complexity index is 630. The molecule has 1 saturated heterocycles. The third-order valence-corrected chi connectivity index (χ3v) is 2.93. The highest BCUT2D eigenvalue weighted by Gasteiger charge is 2.30. The quantitative estimate of drug-likeness (QED) is 0.648. The van der Waals surface area contributed by atoms with Crippen molar-refractivity contribution in [1.29, 1.82) is 0 Å². The minimum atomic E-state index is -0.471. The average molecular weight is 288 g/mol. The van der Waals surface area contributed by atoms with Crippen LogP contribution < -0.4 is 5.32 Å². The van der Waals surface area contributed by atoms with Gasteiger partial charge in [0.2, 0.25) is 17.7 Å². The Hall–Kier alpha value is -2.68. The van der Waals surface area contributed by atoms with Gasteiger partial charge in [0, 0.05) is 12.8 Å². The number of carbonyl (C=O) groups is 3. The number of rotatable bonds is 3. The Balaban J connectivity index is 1.82. The predicted octanol–water partition coefficient (Wildman–Crippen LogP) is 0.442. The van der Waals surface area contributed by atoms with E-state index in [1.807, 2.05) is 0 Å². The van der Waals surface area contributed by atoms with E-state index >= 15 is 0 Å². The summed E-state index contributed by atoms with van der Waals surface area (Å²) >= 11 is 0. The van der Waals surface area contributed by atoms with Gasteiger partial charge in [0.25, 0.3) is 0 Å². The summed E-state index contributed by atoms with van der Waals surface area (Å²) in [7, 11) is 0. The highest BCUT2D eigenvalue weighted by Crippen LogP contribution is 2.10. The lowest BCUT2D eigenvalue weighted by Crippen LogP contribution is -2.40. The first-order chi connectivity index (χ1) is 10.1. The van der Waals surface area contributed by atoms with Crippen LogP contribution >= 0.6 is 0 Å².